The number of pyridine rings is 1. The van der Waals surface area contributed by atoms with Gasteiger partial charge in [-0.05, 0) is 37.8 Å². The minimum atomic E-state index is 0.269. The molecule has 0 atom stereocenters. The molecule has 0 saturated carbocycles. The molecule has 0 aliphatic heterocycles. The molecule has 4 nitrogen and oxygen atoms in total. The zero-order valence-electron chi connectivity index (χ0n) is 9.16. The maximum atomic E-state index is 8.60. The van der Waals surface area contributed by atoms with Crippen LogP contribution in [0, 0.1) is 6.92 Å². The summed E-state index contributed by atoms with van der Waals surface area (Å²) in [4.78, 5) is 4.21. The number of aryl methyl sites for hydroxylation is 1. The van der Waals surface area contributed by atoms with Crippen LogP contribution in [0.4, 0.5) is 11.5 Å². The molecule has 15 heavy (non-hydrogen) atoms. The van der Waals surface area contributed by atoms with E-state index < -0.39 is 0 Å². The molecule has 0 spiro atoms. The highest BCUT2D eigenvalue weighted by Gasteiger charge is 1.99. The van der Waals surface area contributed by atoms with E-state index in [0.29, 0.717) is 5.69 Å². The summed E-state index contributed by atoms with van der Waals surface area (Å²) in [5, 5.41) is 11.8. The molecule has 0 amide bonds. The second-order valence-electron chi connectivity index (χ2n) is 3.66. The fourth-order valence-corrected chi connectivity index (χ4v) is 1.36. The number of aliphatic hydroxyl groups excluding tert-OH is 1. The summed E-state index contributed by atoms with van der Waals surface area (Å²) in [6.07, 6.45) is 4.70. The monoisotopic (exact) mass is 209 g/mol. The highest BCUT2D eigenvalue weighted by atomic mass is 16.2. The number of hydrogen-bond donors (Lipinski definition) is 3. The van der Waals surface area contributed by atoms with Crippen molar-refractivity contribution in [3.8, 4) is 0 Å². The molecule has 0 aliphatic rings. The van der Waals surface area contributed by atoms with Crippen molar-refractivity contribution in [2.24, 2.45) is 0 Å². The lowest BCUT2D eigenvalue weighted by Gasteiger charge is -2.08. The Bertz CT molecular complexity index is 302. The van der Waals surface area contributed by atoms with Crippen LogP contribution in [0.15, 0.2) is 12.3 Å². The van der Waals surface area contributed by atoms with Gasteiger partial charge in [-0.1, -0.05) is 0 Å². The average Bonchev–Trinajstić information content (AvgIpc) is 2.20. The van der Waals surface area contributed by atoms with E-state index in [0.717, 1.165) is 37.2 Å². The minimum absolute atomic E-state index is 0.269. The predicted molar refractivity (Wildman–Crippen MR) is 62.8 cm³/mol. The van der Waals surface area contributed by atoms with Crippen LogP contribution in [0.3, 0.4) is 0 Å². The molecule has 0 saturated heterocycles. The van der Waals surface area contributed by atoms with Crippen LogP contribution in [-0.2, 0) is 0 Å². The van der Waals surface area contributed by atoms with Crippen molar-refractivity contribution in [1.82, 2.24) is 4.98 Å². The van der Waals surface area contributed by atoms with E-state index in [2.05, 4.69) is 10.3 Å². The van der Waals surface area contributed by atoms with Gasteiger partial charge in [-0.15, -0.1) is 0 Å². The highest BCUT2D eigenvalue weighted by molar-refractivity contribution is 5.61. The zero-order chi connectivity index (χ0) is 11.1. The van der Waals surface area contributed by atoms with Crippen molar-refractivity contribution in [1.29, 1.82) is 0 Å². The van der Waals surface area contributed by atoms with E-state index in [1.807, 2.05) is 13.0 Å². The minimum Gasteiger partial charge on any atom is -0.396 e. The van der Waals surface area contributed by atoms with Crippen molar-refractivity contribution in [3.63, 3.8) is 0 Å². The van der Waals surface area contributed by atoms with E-state index in [1.54, 1.807) is 6.20 Å². The third-order valence-electron chi connectivity index (χ3n) is 2.18. The lowest BCUT2D eigenvalue weighted by Crippen LogP contribution is -2.06. The molecule has 0 unspecified atom stereocenters. The lowest BCUT2D eigenvalue weighted by atomic mass is 10.2. The molecule has 4 N–H and O–H groups in total. The quantitative estimate of drug-likeness (QED) is 0.622. The molecule has 1 rings (SSSR count). The molecule has 0 bridgehead atoms. The average molecular weight is 209 g/mol. The second kappa shape index (κ2) is 6.24. The number of nitrogens with zero attached hydrogens (tertiary/aromatic N) is 1. The van der Waals surface area contributed by atoms with Gasteiger partial charge in [0.2, 0.25) is 0 Å². The Morgan fingerprint density at radius 2 is 2.20 bits per heavy atom. The molecular formula is C11H19N3O. The SMILES string of the molecule is Cc1cnc(NCCCCCO)c(N)c1. The number of unbranched alkanes of at least 4 members (excludes halogenated alkanes) is 2. The van der Waals surface area contributed by atoms with Gasteiger partial charge < -0.3 is 16.2 Å². The summed E-state index contributed by atoms with van der Waals surface area (Å²) in [5.41, 5.74) is 7.56. The van der Waals surface area contributed by atoms with Gasteiger partial charge in [0.25, 0.3) is 0 Å². The first-order valence-corrected chi connectivity index (χ1v) is 5.31. The van der Waals surface area contributed by atoms with Crippen LogP contribution in [0.2, 0.25) is 0 Å². The standard InChI is InChI=1S/C11H19N3O/c1-9-7-10(12)11(14-8-9)13-5-3-2-4-6-15/h7-8,15H,2-6,12H2,1H3,(H,13,14). The van der Waals surface area contributed by atoms with Crippen LogP contribution >= 0.6 is 0 Å². The number of rotatable bonds is 6. The van der Waals surface area contributed by atoms with Crippen LogP contribution in [0.25, 0.3) is 0 Å². The molecule has 84 valence electrons. The number of hydrogen-bond acceptors (Lipinski definition) is 4. The summed E-state index contributed by atoms with van der Waals surface area (Å²) >= 11 is 0. The topological polar surface area (TPSA) is 71.2 Å². The van der Waals surface area contributed by atoms with Gasteiger partial charge >= 0.3 is 0 Å². The van der Waals surface area contributed by atoms with Crippen LogP contribution in [0.1, 0.15) is 24.8 Å². The first-order valence-electron chi connectivity index (χ1n) is 5.31. The normalized spacial score (nSPS) is 10.3. The van der Waals surface area contributed by atoms with E-state index in [9.17, 15) is 0 Å². The summed E-state index contributed by atoms with van der Waals surface area (Å²) in [7, 11) is 0. The van der Waals surface area contributed by atoms with Crippen molar-refractivity contribution in [2.75, 3.05) is 24.2 Å². The van der Waals surface area contributed by atoms with Crippen molar-refractivity contribution in [3.05, 3.63) is 17.8 Å². The van der Waals surface area contributed by atoms with Gasteiger partial charge in [0.15, 0.2) is 0 Å². The number of nitrogens with one attached hydrogen (secondary N) is 1. The van der Waals surface area contributed by atoms with Gasteiger partial charge in [0, 0.05) is 19.3 Å². The summed E-state index contributed by atoms with van der Waals surface area (Å²) in [6.45, 7) is 3.08. The van der Waals surface area contributed by atoms with E-state index in [1.165, 1.54) is 0 Å². The molecule has 1 aromatic rings. The van der Waals surface area contributed by atoms with E-state index in [4.69, 9.17) is 10.8 Å². The molecule has 0 aliphatic carbocycles. The number of nitrogens with two attached hydrogens (primary N) is 1. The van der Waals surface area contributed by atoms with Gasteiger partial charge in [0.1, 0.15) is 5.82 Å². The summed E-state index contributed by atoms with van der Waals surface area (Å²) < 4.78 is 0. The van der Waals surface area contributed by atoms with Crippen molar-refractivity contribution in [2.45, 2.75) is 26.2 Å². The molecule has 0 aromatic carbocycles. The Morgan fingerprint density at radius 1 is 1.40 bits per heavy atom. The first-order chi connectivity index (χ1) is 7.24. The van der Waals surface area contributed by atoms with Crippen LogP contribution in [0.5, 0.6) is 0 Å². The van der Waals surface area contributed by atoms with Crippen LogP contribution < -0.4 is 11.1 Å². The highest BCUT2D eigenvalue weighted by Crippen LogP contribution is 2.15. The zero-order valence-corrected chi connectivity index (χ0v) is 9.16. The number of aromatic nitrogens is 1. The van der Waals surface area contributed by atoms with Gasteiger partial charge in [-0.25, -0.2) is 4.98 Å². The smallest absolute Gasteiger partial charge is 0.149 e. The van der Waals surface area contributed by atoms with E-state index >= 15 is 0 Å². The third-order valence-corrected chi connectivity index (χ3v) is 2.18. The number of anilines is 2. The van der Waals surface area contributed by atoms with Gasteiger partial charge in [-0.3, -0.25) is 0 Å². The van der Waals surface area contributed by atoms with Gasteiger partial charge in [-0.2, -0.15) is 0 Å². The Balaban J connectivity index is 2.31. The van der Waals surface area contributed by atoms with Crippen molar-refractivity contribution < 1.29 is 5.11 Å². The Kier molecular flexibility index (Phi) is 4.90. The Labute approximate surface area is 90.5 Å². The molecule has 1 heterocycles. The molecule has 0 radical (unpaired) electrons. The third kappa shape index (κ3) is 4.16. The number of nitrogen functional groups attached to an aromatic ring is 1. The maximum absolute atomic E-state index is 8.60. The maximum Gasteiger partial charge on any atom is 0.149 e. The first kappa shape index (κ1) is 11.8. The molecule has 4 heteroatoms. The fraction of sp³-hybridized carbons (Fsp3) is 0.545. The van der Waals surface area contributed by atoms with E-state index in [-0.39, 0.29) is 6.61 Å². The summed E-state index contributed by atoms with van der Waals surface area (Å²) in [6, 6.07) is 1.91. The Morgan fingerprint density at radius 3 is 2.87 bits per heavy atom. The Hall–Kier alpha value is -1.29. The fourth-order valence-electron chi connectivity index (χ4n) is 1.36. The van der Waals surface area contributed by atoms with Crippen molar-refractivity contribution >= 4 is 11.5 Å². The van der Waals surface area contributed by atoms with Gasteiger partial charge in [0.05, 0.1) is 5.69 Å². The molecule has 1 aromatic heterocycles. The largest absolute Gasteiger partial charge is 0.396 e. The van der Waals surface area contributed by atoms with Crippen LogP contribution in [-0.4, -0.2) is 23.2 Å². The lowest BCUT2D eigenvalue weighted by molar-refractivity contribution is 0.283. The summed E-state index contributed by atoms with van der Waals surface area (Å²) in [5.74, 6) is 0.754. The molecule has 0 fully saturated rings. The number of aliphatic hydroxyl groups is 1. The predicted octanol–water partition coefficient (Wildman–Crippen LogP) is 1.55. The second-order valence-corrected chi connectivity index (χ2v) is 3.66. The molecular weight excluding hydrogens is 190 g/mol.